The number of amides is 1. The molecule has 7 heteroatoms. The highest BCUT2D eigenvalue weighted by Crippen LogP contribution is 2.34. The van der Waals surface area contributed by atoms with Crippen molar-refractivity contribution in [2.45, 2.75) is 6.54 Å². The molecule has 4 nitrogen and oxygen atoms in total. The van der Waals surface area contributed by atoms with E-state index in [-0.39, 0.29) is 5.91 Å². The first kappa shape index (κ1) is 17.0. The fourth-order valence-corrected chi connectivity index (χ4v) is 4.56. The van der Waals surface area contributed by atoms with Crippen LogP contribution >= 0.6 is 34.3 Å². The summed E-state index contributed by atoms with van der Waals surface area (Å²) in [6, 6.07) is 15.3. The Kier molecular flexibility index (Phi) is 4.63. The molecule has 130 valence electrons. The van der Waals surface area contributed by atoms with E-state index in [9.17, 15) is 4.79 Å². The Morgan fingerprint density at radius 3 is 2.85 bits per heavy atom. The number of nitrogens with zero attached hydrogens (tertiary/aromatic N) is 1. The van der Waals surface area contributed by atoms with Gasteiger partial charge in [-0.05, 0) is 41.3 Å². The minimum Gasteiger partial charge on any atom is -0.397 e. The molecular formula is C19H14ClN3OS2. The van der Waals surface area contributed by atoms with Crippen LogP contribution in [0.1, 0.15) is 15.2 Å². The summed E-state index contributed by atoms with van der Waals surface area (Å²) in [7, 11) is 0. The largest absolute Gasteiger partial charge is 0.397 e. The molecule has 0 aliphatic heterocycles. The fraction of sp³-hybridized carbons (Fsp3) is 0.0526. The summed E-state index contributed by atoms with van der Waals surface area (Å²) in [4.78, 5) is 19.6. The summed E-state index contributed by atoms with van der Waals surface area (Å²) >= 11 is 8.92. The van der Waals surface area contributed by atoms with E-state index in [0.717, 1.165) is 26.4 Å². The monoisotopic (exact) mass is 399 g/mol. The molecule has 0 spiro atoms. The predicted octanol–water partition coefficient (Wildman–Crippen LogP) is 5.19. The molecule has 3 N–H and O–H groups in total. The van der Waals surface area contributed by atoms with E-state index in [1.165, 1.54) is 11.3 Å². The molecule has 0 bridgehead atoms. The lowest BCUT2D eigenvalue weighted by Crippen LogP contribution is -2.22. The Morgan fingerprint density at radius 2 is 2.08 bits per heavy atom. The van der Waals surface area contributed by atoms with Crippen molar-refractivity contribution >= 4 is 56.1 Å². The van der Waals surface area contributed by atoms with Crippen molar-refractivity contribution in [3.63, 3.8) is 0 Å². The van der Waals surface area contributed by atoms with E-state index in [2.05, 4.69) is 10.3 Å². The molecule has 0 aliphatic rings. The van der Waals surface area contributed by atoms with Crippen LogP contribution in [0.2, 0.25) is 5.02 Å². The van der Waals surface area contributed by atoms with Gasteiger partial charge in [0.2, 0.25) is 0 Å². The van der Waals surface area contributed by atoms with Crippen LogP contribution in [0.25, 0.3) is 20.8 Å². The Hall–Kier alpha value is -2.41. The van der Waals surface area contributed by atoms with Crippen LogP contribution in [0.4, 0.5) is 5.69 Å². The smallest absolute Gasteiger partial charge is 0.263 e. The van der Waals surface area contributed by atoms with Gasteiger partial charge in [0.15, 0.2) is 0 Å². The van der Waals surface area contributed by atoms with E-state index in [1.807, 2.05) is 47.8 Å². The zero-order chi connectivity index (χ0) is 18.1. The number of hydrogen-bond acceptors (Lipinski definition) is 5. The number of rotatable bonds is 4. The lowest BCUT2D eigenvalue weighted by molar-refractivity contribution is 0.0956. The Labute approximate surface area is 163 Å². The van der Waals surface area contributed by atoms with Gasteiger partial charge in [-0.3, -0.25) is 4.79 Å². The van der Waals surface area contributed by atoms with Crippen molar-refractivity contribution in [1.29, 1.82) is 0 Å². The molecule has 0 saturated heterocycles. The molecule has 3 aromatic heterocycles. The Morgan fingerprint density at radius 1 is 1.19 bits per heavy atom. The first-order chi connectivity index (χ1) is 12.6. The zero-order valence-corrected chi connectivity index (χ0v) is 15.9. The number of nitrogens with two attached hydrogens (primary N) is 1. The lowest BCUT2D eigenvalue weighted by Gasteiger charge is -2.05. The van der Waals surface area contributed by atoms with Gasteiger partial charge in [-0.1, -0.05) is 29.8 Å². The van der Waals surface area contributed by atoms with E-state index < -0.39 is 0 Å². The molecule has 0 unspecified atom stereocenters. The number of fused-ring (bicyclic) bond motifs is 1. The third-order valence-corrected chi connectivity index (χ3v) is 6.16. The summed E-state index contributed by atoms with van der Waals surface area (Å²) < 4.78 is 0. The number of anilines is 1. The highest BCUT2D eigenvalue weighted by Gasteiger charge is 2.17. The van der Waals surface area contributed by atoms with E-state index >= 15 is 0 Å². The van der Waals surface area contributed by atoms with E-state index in [1.54, 1.807) is 17.4 Å². The zero-order valence-electron chi connectivity index (χ0n) is 13.5. The van der Waals surface area contributed by atoms with Gasteiger partial charge in [-0.25, -0.2) is 4.98 Å². The second-order valence-electron chi connectivity index (χ2n) is 5.68. The van der Waals surface area contributed by atoms with Gasteiger partial charge in [0.25, 0.3) is 5.91 Å². The van der Waals surface area contributed by atoms with Crippen LogP contribution in [0.15, 0.2) is 53.9 Å². The maximum absolute atomic E-state index is 12.6. The van der Waals surface area contributed by atoms with E-state index in [4.69, 9.17) is 17.3 Å². The topological polar surface area (TPSA) is 68.0 Å². The average Bonchev–Trinajstić information content (AvgIpc) is 3.28. The maximum Gasteiger partial charge on any atom is 0.263 e. The third kappa shape index (κ3) is 3.31. The van der Waals surface area contributed by atoms with Gasteiger partial charge in [0.1, 0.15) is 9.71 Å². The van der Waals surface area contributed by atoms with Gasteiger partial charge >= 0.3 is 0 Å². The minimum atomic E-state index is -0.205. The second kappa shape index (κ2) is 7.07. The molecule has 4 aromatic rings. The number of carbonyl (C=O) groups is 1. The normalized spacial score (nSPS) is 11.0. The van der Waals surface area contributed by atoms with E-state index in [0.29, 0.717) is 22.1 Å². The molecule has 4 rings (SSSR count). The molecule has 0 fully saturated rings. The lowest BCUT2D eigenvalue weighted by atomic mass is 10.2. The van der Waals surface area contributed by atoms with Crippen LogP contribution in [0.3, 0.4) is 0 Å². The average molecular weight is 400 g/mol. The predicted molar refractivity (Wildman–Crippen MR) is 110 cm³/mol. The number of halogens is 1. The van der Waals surface area contributed by atoms with Crippen LogP contribution in [0, 0.1) is 0 Å². The molecule has 0 saturated carbocycles. The maximum atomic E-state index is 12.6. The number of nitrogen functional groups attached to an aromatic ring is 1. The van der Waals surface area contributed by atoms with Crippen LogP contribution in [0.5, 0.6) is 0 Å². The molecule has 0 aliphatic carbocycles. The number of aromatic nitrogens is 1. The fourth-order valence-electron chi connectivity index (χ4n) is 2.64. The van der Waals surface area contributed by atoms with Crippen molar-refractivity contribution in [3.8, 4) is 10.6 Å². The molecule has 1 aromatic carbocycles. The number of carbonyl (C=O) groups excluding carboxylic acids is 1. The van der Waals surface area contributed by atoms with Crippen LogP contribution in [-0.4, -0.2) is 10.9 Å². The summed E-state index contributed by atoms with van der Waals surface area (Å²) in [5, 5.41) is 6.36. The molecule has 26 heavy (non-hydrogen) atoms. The molecule has 3 heterocycles. The van der Waals surface area contributed by atoms with Crippen molar-refractivity contribution in [3.05, 3.63) is 69.4 Å². The Bertz CT molecular complexity index is 1090. The molecule has 0 radical (unpaired) electrons. The molecule has 1 amide bonds. The second-order valence-corrected chi connectivity index (χ2v) is 8.07. The molecule has 0 atom stereocenters. The Balaban J connectivity index is 1.59. The van der Waals surface area contributed by atoms with Crippen molar-refractivity contribution in [2.24, 2.45) is 0 Å². The van der Waals surface area contributed by atoms with Gasteiger partial charge in [-0.2, -0.15) is 0 Å². The number of nitrogens with one attached hydrogen (secondary N) is 1. The van der Waals surface area contributed by atoms with Gasteiger partial charge < -0.3 is 11.1 Å². The summed E-state index contributed by atoms with van der Waals surface area (Å²) in [6.45, 7) is 0.390. The SMILES string of the molecule is Nc1c(C(=O)NCc2cccc(Cl)c2)sc2nc(-c3cccs3)ccc12. The number of thiophene rings is 2. The van der Waals surface area contributed by atoms with Crippen molar-refractivity contribution < 1.29 is 4.79 Å². The van der Waals surface area contributed by atoms with Gasteiger partial charge in [-0.15, -0.1) is 22.7 Å². The summed E-state index contributed by atoms with van der Waals surface area (Å²) in [6.07, 6.45) is 0. The summed E-state index contributed by atoms with van der Waals surface area (Å²) in [5.41, 5.74) is 8.49. The standard InChI is InChI=1S/C19H14ClN3OS2/c20-12-4-1-3-11(9-12)10-22-18(24)17-16(21)13-6-7-14(23-19(13)26-17)15-5-2-8-25-15/h1-9H,10,21H2,(H,22,24). The van der Waals surface area contributed by atoms with Crippen molar-refractivity contribution in [1.82, 2.24) is 10.3 Å². The van der Waals surface area contributed by atoms with Gasteiger partial charge in [0.05, 0.1) is 16.3 Å². The third-order valence-electron chi connectivity index (χ3n) is 3.92. The van der Waals surface area contributed by atoms with Crippen LogP contribution < -0.4 is 11.1 Å². The van der Waals surface area contributed by atoms with Crippen molar-refractivity contribution in [2.75, 3.05) is 5.73 Å². The first-order valence-corrected chi connectivity index (χ1v) is 9.95. The van der Waals surface area contributed by atoms with Gasteiger partial charge in [0, 0.05) is 17.0 Å². The minimum absolute atomic E-state index is 0.205. The highest BCUT2D eigenvalue weighted by atomic mass is 35.5. The molecular weight excluding hydrogens is 386 g/mol. The highest BCUT2D eigenvalue weighted by molar-refractivity contribution is 7.21. The number of pyridine rings is 1. The van der Waals surface area contributed by atoms with Crippen LogP contribution in [-0.2, 0) is 6.54 Å². The first-order valence-electron chi connectivity index (χ1n) is 7.87. The number of hydrogen-bond donors (Lipinski definition) is 2. The number of benzene rings is 1. The quantitative estimate of drug-likeness (QED) is 0.496. The summed E-state index contributed by atoms with van der Waals surface area (Å²) in [5.74, 6) is -0.205.